The first-order valence-corrected chi connectivity index (χ1v) is 10.0. The van der Waals surface area contributed by atoms with E-state index in [0.29, 0.717) is 30.6 Å². The van der Waals surface area contributed by atoms with Crippen LogP contribution in [0, 0.1) is 0 Å². The molecule has 3 N–H and O–H groups in total. The second kappa shape index (κ2) is 5.70. The lowest BCUT2D eigenvalue weighted by Crippen LogP contribution is -2.77. The topological polar surface area (TPSA) is 96.9 Å². The smallest absolute Gasteiger partial charge is 0.280 e. The van der Waals surface area contributed by atoms with E-state index in [-0.39, 0.29) is 5.91 Å². The summed E-state index contributed by atoms with van der Waals surface area (Å²) >= 11 is 0. The van der Waals surface area contributed by atoms with Gasteiger partial charge in [0, 0.05) is 28.7 Å². The van der Waals surface area contributed by atoms with Crippen LogP contribution < -0.4 is 0 Å². The highest BCUT2D eigenvalue weighted by Gasteiger charge is 2.68. The molecule has 0 spiro atoms. The summed E-state index contributed by atoms with van der Waals surface area (Å²) in [6.07, 6.45) is 1.55. The molecule has 2 aromatic rings. The lowest BCUT2D eigenvalue weighted by Gasteiger charge is -2.57. The Balaban J connectivity index is 1.83. The number of benzene rings is 1. The van der Waals surface area contributed by atoms with Gasteiger partial charge in [-0.1, -0.05) is 29.8 Å². The van der Waals surface area contributed by atoms with Crippen molar-refractivity contribution in [3.8, 4) is 0 Å². The first-order chi connectivity index (χ1) is 13.7. The normalized spacial score (nSPS) is 33.6. The van der Waals surface area contributed by atoms with Crippen LogP contribution in [0.1, 0.15) is 57.0 Å². The van der Waals surface area contributed by atoms with Crippen LogP contribution in [0.25, 0.3) is 10.9 Å². The number of aromatic amines is 1. The molecule has 2 saturated heterocycles. The fourth-order valence-corrected chi connectivity index (χ4v) is 5.33. The predicted molar refractivity (Wildman–Crippen MR) is 107 cm³/mol. The number of H-pyrrole nitrogens is 1. The van der Waals surface area contributed by atoms with Gasteiger partial charge in [-0.05, 0) is 39.7 Å². The van der Waals surface area contributed by atoms with Crippen LogP contribution in [-0.4, -0.2) is 54.6 Å². The maximum Gasteiger partial charge on any atom is 0.280 e. The molecule has 0 saturated carbocycles. The summed E-state index contributed by atoms with van der Waals surface area (Å²) in [5, 5.41) is 23.7. The summed E-state index contributed by atoms with van der Waals surface area (Å²) in [6.45, 7) is 5.98. The van der Waals surface area contributed by atoms with Crippen molar-refractivity contribution >= 4 is 22.7 Å². The largest absolute Gasteiger partial charge is 0.383 e. The number of piperazine rings is 1. The van der Waals surface area contributed by atoms with E-state index in [1.807, 2.05) is 44.2 Å². The number of aromatic nitrogens is 1. The molecule has 3 aliphatic heterocycles. The molecule has 2 fully saturated rings. The Morgan fingerprint density at radius 2 is 1.97 bits per heavy atom. The maximum absolute atomic E-state index is 13.7. The second-order valence-corrected chi connectivity index (χ2v) is 8.82. The SMILES string of the molecule is CC(C)=C[C@H]1c2[nH]c3ccccc3c2[C@H](O)[C@@]2(O)C(=O)N3CCC[C@@]3(C)C(=O)N12. The summed E-state index contributed by atoms with van der Waals surface area (Å²) in [5.74, 6) is -0.935. The van der Waals surface area contributed by atoms with Gasteiger partial charge < -0.3 is 20.1 Å². The molecule has 1 aromatic carbocycles. The van der Waals surface area contributed by atoms with Crippen LogP contribution in [0.5, 0.6) is 0 Å². The number of para-hydroxylation sites is 1. The number of hydrogen-bond donors (Lipinski definition) is 3. The van der Waals surface area contributed by atoms with E-state index in [2.05, 4.69) is 4.98 Å². The third-order valence-corrected chi connectivity index (χ3v) is 6.74. The number of aliphatic hydroxyl groups excluding tert-OH is 1. The van der Waals surface area contributed by atoms with Crippen LogP contribution in [0.3, 0.4) is 0 Å². The maximum atomic E-state index is 13.7. The summed E-state index contributed by atoms with van der Waals surface area (Å²) in [7, 11) is 0. The van der Waals surface area contributed by atoms with Gasteiger partial charge in [-0.15, -0.1) is 0 Å². The molecular formula is C22H25N3O4. The van der Waals surface area contributed by atoms with Crippen LogP contribution in [0.2, 0.25) is 0 Å². The van der Waals surface area contributed by atoms with Crippen molar-refractivity contribution in [1.82, 2.24) is 14.8 Å². The average molecular weight is 395 g/mol. The van der Waals surface area contributed by atoms with Crippen LogP contribution in [0.4, 0.5) is 0 Å². The van der Waals surface area contributed by atoms with Gasteiger partial charge in [0.1, 0.15) is 11.6 Å². The number of amides is 2. The number of allylic oxidation sites excluding steroid dienone is 1. The zero-order chi connectivity index (χ0) is 20.7. The quantitative estimate of drug-likeness (QED) is 0.645. The number of carbonyl (C=O) groups excluding carboxylic acids is 2. The van der Waals surface area contributed by atoms with E-state index in [9.17, 15) is 19.8 Å². The molecule has 1 aromatic heterocycles. The van der Waals surface area contributed by atoms with Gasteiger partial charge in [-0.25, -0.2) is 0 Å². The summed E-state index contributed by atoms with van der Waals surface area (Å²) in [6, 6.07) is 6.78. The zero-order valence-corrected chi connectivity index (χ0v) is 16.8. The monoisotopic (exact) mass is 395 g/mol. The Labute approximate surface area is 168 Å². The molecule has 0 unspecified atom stereocenters. The second-order valence-electron chi connectivity index (χ2n) is 8.82. The predicted octanol–water partition coefficient (Wildman–Crippen LogP) is 2.13. The Kier molecular flexibility index (Phi) is 3.62. The highest BCUT2D eigenvalue weighted by atomic mass is 16.4. The average Bonchev–Trinajstić information content (AvgIpc) is 3.26. The molecule has 0 radical (unpaired) electrons. The van der Waals surface area contributed by atoms with E-state index in [1.54, 1.807) is 6.92 Å². The molecule has 152 valence electrons. The van der Waals surface area contributed by atoms with Crippen molar-refractivity contribution in [2.45, 2.75) is 57.0 Å². The van der Waals surface area contributed by atoms with Gasteiger partial charge in [0.05, 0.1) is 6.04 Å². The number of nitrogens with one attached hydrogen (secondary N) is 1. The molecule has 0 aliphatic carbocycles. The molecule has 5 rings (SSSR count). The number of rotatable bonds is 1. The third-order valence-electron chi connectivity index (χ3n) is 6.74. The van der Waals surface area contributed by atoms with E-state index in [4.69, 9.17) is 0 Å². The highest BCUT2D eigenvalue weighted by Crippen LogP contribution is 2.53. The van der Waals surface area contributed by atoms with E-state index in [0.717, 1.165) is 16.5 Å². The van der Waals surface area contributed by atoms with Crippen molar-refractivity contribution in [1.29, 1.82) is 0 Å². The number of fused-ring (bicyclic) bond motifs is 5. The molecule has 0 bridgehead atoms. The number of aliphatic hydroxyl groups is 2. The molecule has 3 aliphatic rings. The Bertz CT molecular complexity index is 1080. The summed E-state index contributed by atoms with van der Waals surface area (Å²) in [5.41, 5.74) is -0.488. The van der Waals surface area contributed by atoms with Crippen molar-refractivity contribution < 1.29 is 19.8 Å². The van der Waals surface area contributed by atoms with Crippen LogP contribution in [0.15, 0.2) is 35.9 Å². The molecule has 7 heteroatoms. The fourth-order valence-electron chi connectivity index (χ4n) is 5.33. The molecule has 4 heterocycles. The summed E-state index contributed by atoms with van der Waals surface area (Å²) < 4.78 is 0. The molecule has 2 amide bonds. The van der Waals surface area contributed by atoms with Crippen molar-refractivity contribution in [2.75, 3.05) is 6.54 Å². The standard InChI is InChI=1S/C22H25N3O4/c1-12(2)11-15-17-16(13-7-4-5-8-14(13)23-17)18(26)22(29)20(28)24-10-6-9-21(24,3)19(27)25(15)22/h4-5,7-8,11,15,18,23,26,29H,6,9-10H2,1-3H3/t15-,18-,21-,22+/m0/s1. The first kappa shape index (κ1) is 18.4. The first-order valence-electron chi connectivity index (χ1n) is 10.0. The lowest BCUT2D eigenvalue weighted by atomic mass is 9.79. The van der Waals surface area contributed by atoms with E-state index < -0.39 is 29.3 Å². The van der Waals surface area contributed by atoms with Crippen molar-refractivity contribution in [2.24, 2.45) is 0 Å². The molecule has 29 heavy (non-hydrogen) atoms. The van der Waals surface area contributed by atoms with Gasteiger partial charge in [0.2, 0.25) is 0 Å². The minimum absolute atomic E-state index is 0.331. The van der Waals surface area contributed by atoms with Gasteiger partial charge in [0.25, 0.3) is 17.5 Å². The van der Waals surface area contributed by atoms with E-state index >= 15 is 0 Å². The third kappa shape index (κ3) is 2.09. The Morgan fingerprint density at radius 3 is 2.69 bits per heavy atom. The molecule has 7 nitrogen and oxygen atoms in total. The number of nitrogens with zero attached hydrogens (tertiary/aromatic N) is 2. The lowest BCUT2D eigenvalue weighted by molar-refractivity contribution is -0.235. The van der Waals surface area contributed by atoms with Crippen molar-refractivity contribution in [3.63, 3.8) is 0 Å². The minimum Gasteiger partial charge on any atom is -0.383 e. The van der Waals surface area contributed by atoms with E-state index in [1.165, 1.54) is 9.80 Å². The van der Waals surface area contributed by atoms with Gasteiger partial charge in [-0.2, -0.15) is 0 Å². The summed E-state index contributed by atoms with van der Waals surface area (Å²) in [4.78, 5) is 33.2. The molecular weight excluding hydrogens is 370 g/mol. The minimum atomic E-state index is -2.34. The van der Waals surface area contributed by atoms with Gasteiger partial charge in [-0.3, -0.25) is 14.5 Å². The van der Waals surface area contributed by atoms with Crippen molar-refractivity contribution in [3.05, 3.63) is 47.2 Å². The van der Waals surface area contributed by atoms with Gasteiger partial charge >= 0.3 is 0 Å². The van der Waals surface area contributed by atoms with Crippen LogP contribution >= 0.6 is 0 Å². The zero-order valence-electron chi connectivity index (χ0n) is 16.8. The Morgan fingerprint density at radius 1 is 1.24 bits per heavy atom. The van der Waals surface area contributed by atoms with Crippen LogP contribution in [-0.2, 0) is 9.59 Å². The number of hydrogen-bond acceptors (Lipinski definition) is 4. The molecule has 4 atom stereocenters. The highest BCUT2D eigenvalue weighted by molar-refractivity contribution is 6.03. The Hall–Kier alpha value is -2.64. The van der Waals surface area contributed by atoms with Gasteiger partial charge in [0.15, 0.2) is 0 Å². The fraction of sp³-hybridized carbons (Fsp3) is 0.455. The number of carbonyl (C=O) groups is 2.